The topological polar surface area (TPSA) is 8.17 Å². The van der Waals surface area contributed by atoms with Gasteiger partial charge in [0.25, 0.3) is 0 Å². The zero-order valence-corrected chi connectivity index (χ0v) is 16.5. The van der Waals surface area contributed by atoms with Gasteiger partial charge in [-0.2, -0.15) is 0 Å². The van der Waals surface area contributed by atoms with E-state index in [1.807, 2.05) is 0 Å². The van der Waals surface area contributed by atoms with Crippen molar-refractivity contribution >= 4 is 10.9 Å². The number of rotatable bonds is 9. The first-order valence-corrected chi connectivity index (χ1v) is 10.1. The molecule has 0 aliphatic heterocycles. The van der Waals surface area contributed by atoms with Crippen LogP contribution in [0.4, 0.5) is 0 Å². The lowest BCUT2D eigenvalue weighted by Gasteiger charge is -2.17. The van der Waals surface area contributed by atoms with E-state index in [0.29, 0.717) is 0 Å². The van der Waals surface area contributed by atoms with Crippen LogP contribution in [0.15, 0.2) is 54.7 Å². The van der Waals surface area contributed by atoms with Crippen molar-refractivity contribution in [3.05, 3.63) is 71.4 Å². The quantitative estimate of drug-likeness (QED) is 0.498. The summed E-state index contributed by atoms with van der Waals surface area (Å²) in [5, 5.41) is 1.44. The summed E-state index contributed by atoms with van der Waals surface area (Å²) in [4.78, 5) is 2.51. The van der Waals surface area contributed by atoms with E-state index in [2.05, 4.69) is 85.0 Å². The predicted molar refractivity (Wildman–Crippen MR) is 113 cm³/mol. The Balaban J connectivity index is 1.74. The minimum Gasteiger partial charge on any atom is -0.347 e. The molecule has 0 saturated heterocycles. The Morgan fingerprint density at radius 3 is 2.42 bits per heavy atom. The smallest absolute Gasteiger partial charge is 0.0483 e. The van der Waals surface area contributed by atoms with E-state index in [-0.39, 0.29) is 0 Å². The van der Waals surface area contributed by atoms with Crippen molar-refractivity contribution < 1.29 is 0 Å². The fraction of sp³-hybridized carbons (Fsp3) is 0.417. The third-order valence-corrected chi connectivity index (χ3v) is 5.42. The van der Waals surface area contributed by atoms with Crippen LogP contribution in [0, 0.1) is 6.92 Å². The highest BCUT2D eigenvalue weighted by Crippen LogP contribution is 2.24. The summed E-state index contributed by atoms with van der Waals surface area (Å²) in [7, 11) is 0. The van der Waals surface area contributed by atoms with Crippen LogP contribution in [0.1, 0.15) is 37.0 Å². The van der Waals surface area contributed by atoms with Crippen LogP contribution in [0.25, 0.3) is 10.9 Å². The standard InChI is InChI=1S/C24H32N2/c1-4-25(5-2)17-15-22-19-26(24-14-13-20(3)18-23(22)24)16-9-12-21-10-7-6-8-11-21/h6-8,10-11,13-14,18-19H,4-5,9,12,15-17H2,1-3H3. The van der Waals surface area contributed by atoms with Gasteiger partial charge in [-0.1, -0.05) is 55.8 Å². The van der Waals surface area contributed by atoms with E-state index >= 15 is 0 Å². The largest absolute Gasteiger partial charge is 0.347 e. The van der Waals surface area contributed by atoms with Crippen LogP contribution in [-0.2, 0) is 19.4 Å². The highest BCUT2D eigenvalue weighted by molar-refractivity contribution is 5.84. The van der Waals surface area contributed by atoms with Crippen molar-refractivity contribution in [2.45, 2.75) is 46.6 Å². The van der Waals surface area contributed by atoms with Gasteiger partial charge in [-0.15, -0.1) is 0 Å². The summed E-state index contributed by atoms with van der Waals surface area (Å²) in [5.74, 6) is 0. The van der Waals surface area contributed by atoms with Crippen LogP contribution in [-0.4, -0.2) is 29.1 Å². The normalized spacial score (nSPS) is 11.5. The summed E-state index contributed by atoms with van der Waals surface area (Å²) in [6, 6.07) is 17.7. The lowest BCUT2D eigenvalue weighted by Crippen LogP contribution is -2.25. The molecule has 3 aromatic rings. The van der Waals surface area contributed by atoms with E-state index in [1.165, 1.54) is 34.0 Å². The SMILES string of the molecule is CCN(CC)CCc1cn(CCCc2ccccc2)c2ccc(C)cc12. The molecule has 0 unspecified atom stereocenters. The van der Waals surface area contributed by atoms with Crippen molar-refractivity contribution in [2.75, 3.05) is 19.6 Å². The molecule has 0 aliphatic rings. The molecule has 26 heavy (non-hydrogen) atoms. The molecule has 0 atom stereocenters. The molecule has 1 aromatic heterocycles. The zero-order valence-electron chi connectivity index (χ0n) is 16.5. The molecule has 2 nitrogen and oxygen atoms in total. The van der Waals surface area contributed by atoms with Crippen LogP contribution >= 0.6 is 0 Å². The van der Waals surface area contributed by atoms with Crippen molar-refractivity contribution in [3.8, 4) is 0 Å². The summed E-state index contributed by atoms with van der Waals surface area (Å²) in [6.45, 7) is 11.2. The molecule has 3 rings (SSSR count). The second kappa shape index (κ2) is 9.05. The molecule has 0 bridgehead atoms. The molecule has 2 aromatic carbocycles. The van der Waals surface area contributed by atoms with Gasteiger partial charge in [0.2, 0.25) is 0 Å². The molecule has 0 radical (unpaired) electrons. The van der Waals surface area contributed by atoms with E-state index in [4.69, 9.17) is 0 Å². The predicted octanol–water partition coefficient (Wildman–Crippen LogP) is 5.47. The van der Waals surface area contributed by atoms with Gasteiger partial charge in [-0.25, -0.2) is 0 Å². The number of fused-ring (bicyclic) bond motifs is 1. The Hall–Kier alpha value is -2.06. The summed E-state index contributed by atoms with van der Waals surface area (Å²) in [6.07, 6.45) is 5.85. The van der Waals surface area contributed by atoms with Crippen molar-refractivity contribution in [3.63, 3.8) is 0 Å². The van der Waals surface area contributed by atoms with Crippen molar-refractivity contribution in [1.82, 2.24) is 9.47 Å². The van der Waals surface area contributed by atoms with Crippen molar-refractivity contribution in [2.24, 2.45) is 0 Å². The minimum atomic E-state index is 1.08. The summed E-state index contributed by atoms with van der Waals surface area (Å²) < 4.78 is 2.47. The number of likely N-dealkylation sites (N-methyl/N-ethyl adjacent to an activating group) is 1. The third kappa shape index (κ3) is 4.56. The molecule has 0 saturated carbocycles. The van der Waals surface area contributed by atoms with Gasteiger partial charge in [-0.05, 0) is 62.5 Å². The first-order valence-electron chi connectivity index (χ1n) is 10.1. The van der Waals surface area contributed by atoms with Gasteiger partial charge < -0.3 is 9.47 Å². The third-order valence-electron chi connectivity index (χ3n) is 5.42. The Bertz CT molecular complexity index is 813. The average Bonchev–Trinajstić information content (AvgIpc) is 3.00. The van der Waals surface area contributed by atoms with Gasteiger partial charge in [-0.3, -0.25) is 0 Å². The van der Waals surface area contributed by atoms with Crippen LogP contribution in [0.3, 0.4) is 0 Å². The molecule has 0 amide bonds. The molecule has 1 heterocycles. The Labute approximate surface area is 158 Å². The Morgan fingerprint density at radius 1 is 0.923 bits per heavy atom. The van der Waals surface area contributed by atoms with Gasteiger partial charge in [0.15, 0.2) is 0 Å². The number of hydrogen-bond acceptors (Lipinski definition) is 1. The van der Waals surface area contributed by atoms with E-state index < -0.39 is 0 Å². The molecule has 0 fully saturated rings. The molecule has 2 heteroatoms. The van der Waals surface area contributed by atoms with Gasteiger partial charge in [0.05, 0.1) is 0 Å². The summed E-state index contributed by atoms with van der Waals surface area (Å²) in [5.41, 5.74) is 5.67. The Morgan fingerprint density at radius 2 is 1.69 bits per heavy atom. The fourth-order valence-electron chi connectivity index (χ4n) is 3.79. The average molecular weight is 349 g/mol. The van der Waals surface area contributed by atoms with E-state index in [9.17, 15) is 0 Å². The molecule has 138 valence electrons. The number of aryl methyl sites for hydroxylation is 3. The molecule has 0 spiro atoms. The summed E-state index contributed by atoms with van der Waals surface area (Å²) >= 11 is 0. The van der Waals surface area contributed by atoms with E-state index in [1.54, 1.807) is 0 Å². The highest BCUT2D eigenvalue weighted by atomic mass is 15.1. The maximum atomic E-state index is 2.51. The second-order valence-electron chi connectivity index (χ2n) is 7.23. The first-order chi connectivity index (χ1) is 12.7. The lowest BCUT2D eigenvalue weighted by atomic mass is 10.1. The number of nitrogens with zero attached hydrogens (tertiary/aromatic N) is 2. The van der Waals surface area contributed by atoms with Crippen LogP contribution in [0.5, 0.6) is 0 Å². The number of benzene rings is 2. The van der Waals surface area contributed by atoms with Crippen molar-refractivity contribution in [1.29, 1.82) is 0 Å². The maximum absolute atomic E-state index is 2.51. The lowest BCUT2D eigenvalue weighted by molar-refractivity contribution is 0.308. The van der Waals surface area contributed by atoms with Gasteiger partial charge in [0, 0.05) is 30.2 Å². The molecule has 0 aliphatic carbocycles. The minimum absolute atomic E-state index is 1.08. The molecular formula is C24H32N2. The maximum Gasteiger partial charge on any atom is 0.0483 e. The molecular weight excluding hydrogens is 316 g/mol. The van der Waals surface area contributed by atoms with Crippen LogP contribution in [0.2, 0.25) is 0 Å². The highest BCUT2D eigenvalue weighted by Gasteiger charge is 2.10. The van der Waals surface area contributed by atoms with Crippen LogP contribution < -0.4 is 0 Å². The zero-order chi connectivity index (χ0) is 18.4. The van der Waals surface area contributed by atoms with E-state index in [0.717, 1.165) is 39.0 Å². The monoisotopic (exact) mass is 348 g/mol. The number of hydrogen-bond donors (Lipinski definition) is 0. The first kappa shape index (κ1) is 18.7. The molecule has 0 N–H and O–H groups in total. The van der Waals surface area contributed by atoms with Gasteiger partial charge >= 0.3 is 0 Å². The second-order valence-corrected chi connectivity index (χ2v) is 7.23. The van der Waals surface area contributed by atoms with Gasteiger partial charge in [0.1, 0.15) is 0 Å². The fourth-order valence-corrected chi connectivity index (χ4v) is 3.79. The number of aromatic nitrogens is 1. The Kier molecular flexibility index (Phi) is 6.51.